The minimum absolute atomic E-state index is 0.434. The molecule has 5 heteroatoms. The van der Waals surface area contributed by atoms with Crippen LogP contribution < -0.4 is 5.73 Å². The molecule has 0 saturated carbocycles. The second kappa shape index (κ2) is 5.22. The average Bonchev–Trinajstić information content (AvgIpc) is 2.93. The van der Waals surface area contributed by atoms with Crippen molar-refractivity contribution in [2.75, 3.05) is 0 Å². The molecule has 0 unspecified atom stereocenters. The van der Waals surface area contributed by atoms with Crippen molar-refractivity contribution in [1.82, 2.24) is 20.0 Å². The third-order valence-corrected chi connectivity index (χ3v) is 3.11. The lowest BCUT2D eigenvalue weighted by atomic mass is 10.1. The quantitative estimate of drug-likeness (QED) is 0.787. The lowest BCUT2D eigenvalue weighted by molar-refractivity contribution is 0.811. The molecule has 1 aromatic carbocycles. The van der Waals surface area contributed by atoms with Crippen LogP contribution in [0, 0.1) is 6.92 Å². The zero-order valence-electron chi connectivity index (χ0n) is 11.2. The highest BCUT2D eigenvalue weighted by Crippen LogP contribution is 2.25. The summed E-state index contributed by atoms with van der Waals surface area (Å²) in [6.07, 6.45) is 1.78. The Bertz CT molecular complexity index is 701. The van der Waals surface area contributed by atoms with Crippen molar-refractivity contribution in [3.63, 3.8) is 0 Å². The number of hydrogen-bond acceptors (Lipinski definition) is 4. The molecule has 5 nitrogen and oxygen atoms in total. The molecule has 0 aliphatic rings. The van der Waals surface area contributed by atoms with Crippen LogP contribution in [0.3, 0.4) is 0 Å². The Morgan fingerprint density at radius 3 is 2.50 bits per heavy atom. The topological polar surface area (TPSA) is 69.6 Å². The largest absolute Gasteiger partial charge is 0.326 e. The van der Waals surface area contributed by atoms with E-state index in [-0.39, 0.29) is 0 Å². The summed E-state index contributed by atoms with van der Waals surface area (Å²) in [5.41, 5.74) is 9.70. The Kier molecular flexibility index (Phi) is 3.26. The van der Waals surface area contributed by atoms with Crippen LogP contribution in [0.4, 0.5) is 0 Å². The number of hydrogen-bond donors (Lipinski definition) is 1. The van der Waals surface area contributed by atoms with E-state index in [1.807, 2.05) is 49.4 Å². The van der Waals surface area contributed by atoms with E-state index in [9.17, 15) is 0 Å². The van der Waals surface area contributed by atoms with Gasteiger partial charge in [-0.15, -0.1) is 5.10 Å². The second-order valence-corrected chi connectivity index (χ2v) is 4.53. The summed E-state index contributed by atoms with van der Waals surface area (Å²) in [5.74, 6) is 0.689. The van der Waals surface area contributed by atoms with Crippen molar-refractivity contribution in [1.29, 1.82) is 0 Å². The molecule has 2 N–H and O–H groups in total. The van der Waals surface area contributed by atoms with Gasteiger partial charge in [-0.05, 0) is 19.1 Å². The van der Waals surface area contributed by atoms with Crippen molar-refractivity contribution in [2.24, 2.45) is 5.73 Å². The molecule has 2 aromatic heterocycles. The van der Waals surface area contributed by atoms with Crippen LogP contribution in [0.5, 0.6) is 0 Å². The molecule has 0 aliphatic carbocycles. The van der Waals surface area contributed by atoms with Gasteiger partial charge in [0.05, 0.1) is 17.6 Å². The Balaban J connectivity index is 2.17. The number of nitrogens with two attached hydrogens (primary N) is 1. The number of benzene rings is 1. The number of aryl methyl sites for hydroxylation is 1. The molecule has 3 rings (SSSR count). The van der Waals surface area contributed by atoms with Gasteiger partial charge in [0, 0.05) is 17.7 Å². The molecular formula is C15H15N5. The molecule has 2 heterocycles. The monoisotopic (exact) mass is 265 g/mol. The van der Waals surface area contributed by atoms with Gasteiger partial charge in [0.2, 0.25) is 0 Å². The first kappa shape index (κ1) is 12.5. The molecule has 100 valence electrons. The summed E-state index contributed by atoms with van der Waals surface area (Å²) in [7, 11) is 0. The van der Waals surface area contributed by atoms with Gasteiger partial charge in [-0.2, -0.15) is 10.2 Å². The maximum Gasteiger partial charge on any atom is 0.176 e. The summed E-state index contributed by atoms with van der Waals surface area (Å²) in [6, 6.07) is 13.9. The smallest absolute Gasteiger partial charge is 0.176 e. The van der Waals surface area contributed by atoms with Gasteiger partial charge in [-0.1, -0.05) is 30.3 Å². The SMILES string of the molecule is Cc1ccc(-n2ncc(CN)c2-c2ccccc2)nn1. The van der Waals surface area contributed by atoms with Crippen LogP contribution in [0.1, 0.15) is 11.3 Å². The van der Waals surface area contributed by atoms with Gasteiger partial charge >= 0.3 is 0 Å². The van der Waals surface area contributed by atoms with Crippen LogP contribution in [0.15, 0.2) is 48.7 Å². The third kappa shape index (κ3) is 2.19. The molecule has 20 heavy (non-hydrogen) atoms. The Labute approximate surface area is 117 Å². The number of nitrogens with zero attached hydrogens (tertiary/aromatic N) is 4. The maximum atomic E-state index is 5.81. The highest BCUT2D eigenvalue weighted by molar-refractivity contribution is 5.65. The number of rotatable bonds is 3. The van der Waals surface area contributed by atoms with E-state index >= 15 is 0 Å². The van der Waals surface area contributed by atoms with Crippen molar-refractivity contribution in [3.8, 4) is 17.1 Å². The van der Waals surface area contributed by atoms with Gasteiger partial charge in [0.1, 0.15) is 0 Å². The lowest BCUT2D eigenvalue weighted by Gasteiger charge is -2.08. The van der Waals surface area contributed by atoms with Crippen LogP contribution in [-0.4, -0.2) is 20.0 Å². The van der Waals surface area contributed by atoms with Crippen molar-refractivity contribution in [3.05, 3.63) is 59.9 Å². The van der Waals surface area contributed by atoms with Crippen molar-refractivity contribution < 1.29 is 0 Å². The van der Waals surface area contributed by atoms with E-state index in [0.29, 0.717) is 12.4 Å². The molecule has 0 saturated heterocycles. The van der Waals surface area contributed by atoms with Gasteiger partial charge in [0.15, 0.2) is 5.82 Å². The Morgan fingerprint density at radius 2 is 1.85 bits per heavy atom. The molecule has 0 radical (unpaired) electrons. The Hall–Kier alpha value is -2.53. The Morgan fingerprint density at radius 1 is 1.05 bits per heavy atom. The average molecular weight is 265 g/mol. The van der Waals surface area contributed by atoms with Crippen molar-refractivity contribution >= 4 is 0 Å². The van der Waals surface area contributed by atoms with Crippen LogP contribution in [0.2, 0.25) is 0 Å². The summed E-state index contributed by atoms with van der Waals surface area (Å²) in [4.78, 5) is 0. The molecule has 0 fully saturated rings. The molecule has 0 aliphatic heterocycles. The van der Waals surface area contributed by atoms with E-state index in [4.69, 9.17) is 5.73 Å². The van der Waals surface area contributed by atoms with Crippen molar-refractivity contribution in [2.45, 2.75) is 13.5 Å². The normalized spacial score (nSPS) is 10.7. The minimum atomic E-state index is 0.434. The minimum Gasteiger partial charge on any atom is -0.326 e. The fraction of sp³-hybridized carbons (Fsp3) is 0.133. The first-order valence-electron chi connectivity index (χ1n) is 6.42. The van der Waals surface area contributed by atoms with Gasteiger partial charge < -0.3 is 5.73 Å². The third-order valence-electron chi connectivity index (χ3n) is 3.11. The zero-order chi connectivity index (χ0) is 13.9. The predicted molar refractivity (Wildman–Crippen MR) is 77.2 cm³/mol. The van der Waals surface area contributed by atoms with E-state index < -0.39 is 0 Å². The second-order valence-electron chi connectivity index (χ2n) is 4.53. The van der Waals surface area contributed by atoms with Crippen LogP contribution in [0.25, 0.3) is 17.1 Å². The molecule has 3 aromatic rings. The van der Waals surface area contributed by atoms with Gasteiger partial charge in [-0.3, -0.25) is 0 Å². The maximum absolute atomic E-state index is 5.81. The highest BCUT2D eigenvalue weighted by atomic mass is 15.3. The summed E-state index contributed by atoms with van der Waals surface area (Å²) in [6.45, 7) is 2.34. The fourth-order valence-electron chi connectivity index (χ4n) is 2.11. The molecular weight excluding hydrogens is 250 g/mol. The molecule has 0 amide bonds. The molecule has 0 bridgehead atoms. The van der Waals surface area contributed by atoms with Crippen LogP contribution in [-0.2, 0) is 6.54 Å². The zero-order valence-corrected chi connectivity index (χ0v) is 11.2. The van der Waals surface area contributed by atoms with E-state index in [0.717, 1.165) is 22.5 Å². The predicted octanol–water partition coefficient (Wildman–Crippen LogP) is 2.10. The van der Waals surface area contributed by atoms with E-state index in [2.05, 4.69) is 15.3 Å². The summed E-state index contributed by atoms with van der Waals surface area (Å²) in [5, 5.41) is 12.7. The van der Waals surface area contributed by atoms with Crippen LogP contribution >= 0.6 is 0 Å². The van der Waals surface area contributed by atoms with E-state index in [1.165, 1.54) is 0 Å². The van der Waals surface area contributed by atoms with E-state index in [1.54, 1.807) is 10.9 Å². The molecule has 0 spiro atoms. The summed E-state index contributed by atoms with van der Waals surface area (Å²) >= 11 is 0. The first-order chi connectivity index (χ1) is 9.79. The number of aromatic nitrogens is 4. The fourth-order valence-corrected chi connectivity index (χ4v) is 2.11. The first-order valence-corrected chi connectivity index (χ1v) is 6.42. The summed E-state index contributed by atoms with van der Waals surface area (Å²) < 4.78 is 1.78. The molecule has 0 atom stereocenters. The highest BCUT2D eigenvalue weighted by Gasteiger charge is 2.14. The lowest BCUT2D eigenvalue weighted by Crippen LogP contribution is -2.05. The standard InChI is InChI=1S/C15H15N5/c1-11-7-8-14(19-18-11)20-15(13(9-16)10-17-20)12-5-3-2-4-6-12/h2-8,10H,9,16H2,1H3. The van der Waals surface area contributed by atoms with Gasteiger partial charge in [-0.25, -0.2) is 4.68 Å². The van der Waals surface area contributed by atoms with Gasteiger partial charge in [0.25, 0.3) is 0 Å².